The average Bonchev–Trinajstić information content (AvgIpc) is 0.744. The Bertz CT molecular complexity index is 3760. The van der Waals surface area contributed by atoms with Crippen LogP contribution in [0.5, 0.6) is 0 Å². The molecule has 9 saturated heterocycles. The van der Waals surface area contributed by atoms with Crippen molar-refractivity contribution in [2.24, 2.45) is 0 Å². The highest BCUT2D eigenvalue weighted by atomic mass is 16.8. The third-order valence-electron chi connectivity index (χ3n) is 23.9. The number of aliphatic hydroxyl groups excluding tert-OH is 28. The van der Waals surface area contributed by atoms with E-state index in [1.165, 1.54) is 0 Å². The molecule has 9 heterocycles. The summed E-state index contributed by atoms with van der Waals surface area (Å²) in [7, 11) is 0. The second kappa shape index (κ2) is 49.9. The van der Waals surface area contributed by atoms with Gasteiger partial charge in [0, 0.05) is 48.0 Å². The SMILES string of the molecule is CC(=O)N[C@H]1[C@H](O[C@H]2[C@@H](O)[C@@H](CO[C@@H]3O[C@H](CO)[C@@H](O[C@@H]4O[C@H](CO)[C@H](O[C@@H]5O[C@H](CO)[C@H](O)[C@H](O)[C@H]5NC(C)=O)[C@H](O[C@]5(C(=O)O)C[C@H](O)[C@@H](NC(C)=O)[C@H]([C@H](O)[C@H](O)CO)O5)[C@H]4O)[C@H](O)[C@H]3NC(C)=O)O[C@@H](O[C@@H]([C@@H](O)[C@H](O)CO[C@@H]3O[C@H](CO)[C@@H](O)[C@H](O)[C@H]3NC(C)=O)[C@H](CO)NC(C)=O)[C@@H]2O)O[C@H](CO)[C@@H](O[C@@H]2O[C@H](CO)[C@H](O)[C@H](O[C@H]3O[C@H](CO)[C@H](O)[C@H](O)[C@H]3O)[C@H]2O)[C@@H]1O. The van der Waals surface area contributed by atoms with Crippen LogP contribution in [0.3, 0.4) is 0 Å². The summed E-state index contributed by atoms with van der Waals surface area (Å²) in [5, 5.41) is 339. The van der Waals surface area contributed by atoms with Gasteiger partial charge in [0.1, 0.15) is 232 Å². The number of aliphatic hydroxyl groups is 28. The van der Waals surface area contributed by atoms with E-state index in [1.807, 2.05) is 0 Å². The molecular formula is C75H126N6O54. The van der Waals surface area contributed by atoms with E-state index in [-0.39, 0.29) is 0 Å². The molecule has 9 rings (SSSR count). The number of carboxylic acids is 1. The van der Waals surface area contributed by atoms with E-state index in [1.54, 1.807) is 0 Å². The van der Waals surface area contributed by atoms with Crippen molar-refractivity contribution >= 4 is 41.4 Å². The topological polar surface area (TPSA) is 944 Å². The van der Waals surface area contributed by atoms with Gasteiger partial charge in [0.15, 0.2) is 50.3 Å². The summed E-state index contributed by atoms with van der Waals surface area (Å²) in [6, 6.07) is -11.7. The number of carbonyl (C=O) groups is 7. The second-order valence-corrected chi connectivity index (χ2v) is 33.7. The van der Waals surface area contributed by atoms with E-state index in [9.17, 15) is 182 Å². The minimum Gasteiger partial charge on any atom is -0.477 e. The molecule has 9 aliphatic rings. The van der Waals surface area contributed by atoms with Crippen molar-refractivity contribution in [3.8, 4) is 0 Å². The Morgan fingerprint density at radius 1 is 0.341 bits per heavy atom. The van der Waals surface area contributed by atoms with E-state index in [2.05, 4.69) is 31.9 Å². The second-order valence-electron chi connectivity index (χ2n) is 33.7. The van der Waals surface area contributed by atoms with Crippen LogP contribution < -0.4 is 31.9 Å². The van der Waals surface area contributed by atoms with Crippen LogP contribution in [-0.2, 0) is 119 Å². The molecule has 0 aliphatic carbocycles. The molecule has 60 heteroatoms. The number of carboxylic acid groups (broad SMARTS) is 1. The van der Waals surface area contributed by atoms with Crippen molar-refractivity contribution in [2.75, 3.05) is 72.7 Å². The quantitative estimate of drug-likeness (QED) is 0.0270. The lowest BCUT2D eigenvalue weighted by atomic mass is 9.88. The van der Waals surface area contributed by atoms with Gasteiger partial charge in [0.05, 0.1) is 90.9 Å². The summed E-state index contributed by atoms with van der Waals surface area (Å²) in [5.41, 5.74) is 0. The van der Waals surface area contributed by atoms with Crippen molar-refractivity contribution in [1.82, 2.24) is 31.9 Å². The summed E-state index contributed by atoms with van der Waals surface area (Å²) < 4.78 is 107. The maximum Gasteiger partial charge on any atom is 0.364 e. The molecule has 9 fully saturated rings. The molecule has 0 aromatic heterocycles. The third-order valence-corrected chi connectivity index (χ3v) is 23.9. The maximum absolute atomic E-state index is 13.9. The van der Waals surface area contributed by atoms with E-state index in [0.29, 0.717) is 0 Å². The largest absolute Gasteiger partial charge is 0.477 e. The Hall–Kier alpha value is -5.55. The summed E-state index contributed by atoms with van der Waals surface area (Å²) in [6.07, 6.45) is -96.7. The van der Waals surface area contributed by atoms with Gasteiger partial charge in [0.25, 0.3) is 5.79 Å². The van der Waals surface area contributed by atoms with Gasteiger partial charge in [-0.05, 0) is 0 Å². The first-order valence-electron chi connectivity index (χ1n) is 42.7. The molecule has 0 aromatic carbocycles. The van der Waals surface area contributed by atoms with Crippen molar-refractivity contribution < 1.29 is 267 Å². The van der Waals surface area contributed by atoms with Crippen molar-refractivity contribution in [3.05, 3.63) is 0 Å². The Labute approximate surface area is 764 Å². The number of aliphatic carboxylic acids is 1. The Kier molecular flexibility index (Phi) is 41.8. The maximum atomic E-state index is 13.9. The lowest BCUT2D eigenvalue weighted by molar-refractivity contribution is -0.399. The van der Waals surface area contributed by atoms with Crippen LogP contribution in [0.15, 0.2) is 0 Å². The number of ether oxygens (including phenoxy) is 18. The van der Waals surface area contributed by atoms with Gasteiger partial charge in [-0.1, -0.05) is 0 Å². The average molecular weight is 1980 g/mol. The molecule has 0 aromatic rings. The number of hydrogen-bond donors (Lipinski definition) is 35. The molecule has 780 valence electrons. The van der Waals surface area contributed by atoms with Crippen molar-refractivity contribution in [2.45, 2.75) is 354 Å². The first-order valence-corrected chi connectivity index (χ1v) is 42.7. The molecule has 0 spiro atoms. The van der Waals surface area contributed by atoms with Gasteiger partial charge in [-0.3, -0.25) is 28.8 Å². The molecule has 135 heavy (non-hydrogen) atoms. The zero-order valence-corrected chi connectivity index (χ0v) is 73.0. The molecule has 0 bridgehead atoms. The minimum atomic E-state index is -3.50. The highest BCUT2D eigenvalue weighted by Crippen LogP contribution is 2.43. The molecule has 60 nitrogen and oxygen atoms in total. The number of nitrogens with one attached hydrogen (secondary N) is 6. The first kappa shape index (κ1) is 113. The smallest absolute Gasteiger partial charge is 0.364 e. The summed E-state index contributed by atoms with van der Waals surface area (Å²) in [5.74, 6) is -11.6. The lowest BCUT2D eigenvalue weighted by Gasteiger charge is -2.52. The van der Waals surface area contributed by atoms with Gasteiger partial charge in [0.2, 0.25) is 35.4 Å². The van der Waals surface area contributed by atoms with Crippen LogP contribution in [0.2, 0.25) is 0 Å². The van der Waals surface area contributed by atoms with Crippen LogP contribution in [0, 0.1) is 0 Å². The van der Waals surface area contributed by atoms with Crippen LogP contribution in [0.4, 0.5) is 0 Å². The molecule has 50 atom stereocenters. The molecule has 0 unspecified atom stereocenters. The van der Waals surface area contributed by atoms with Gasteiger partial charge in [-0.15, -0.1) is 0 Å². The molecule has 0 radical (unpaired) electrons. The van der Waals surface area contributed by atoms with E-state index in [4.69, 9.17) is 85.3 Å². The Morgan fingerprint density at radius 2 is 0.689 bits per heavy atom. The summed E-state index contributed by atoms with van der Waals surface area (Å²) >= 11 is 0. The highest BCUT2D eigenvalue weighted by molar-refractivity contribution is 5.77. The van der Waals surface area contributed by atoms with Crippen LogP contribution in [-0.4, -0.2) is 568 Å². The molecular weight excluding hydrogens is 1850 g/mol. The van der Waals surface area contributed by atoms with Gasteiger partial charge in [-0.2, -0.15) is 0 Å². The van der Waals surface area contributed by atoms with Gasteiger partial charge >= 0.3 is 5.97 Å². The van der Waals surface area contributed by atoms with Gasteiger partial charge in [-0.25, -0.2) is 4.79 Å². The fraction of sp³-hybridized carbons (Fsp3) is 0.907. The van der Waals surface area contributed by atoms with Crippen molar-refractivity contribution in [1.29, 1.82) is 0 Å². The predicted octanol–water partition coefficient (Wildman–Crippen LogP) is -23.1. The fourth-order valence-electron chi connectivity index (χ4n) is 17.0. The molecule has 9 aliphatic heterocycles. The number of rotatable bonds is 41. The predicted molar refractivity (Wildman–Crippen MR) is 419 cm³/mol. The highest BCUT2D eigenvalue weighted by Gasteiger charge is 2.64. The summed E-state index contributed by atoms with van der Waals surface area (Å²) in [4.78, 5) is 91.0. The Morgan fingerprint density at radius 3 is 1.15 bits per heavy atom. The van der Waals surface area contributed by atoms with E-state index in [0.717, 1.165) is 41.5 Å². The zero-order chi connectivity index (χ0) is 100. The lowest BCUT2D eigenvalue weighted by Crippen LogP contribution is -2.72. The molecule has 0 saturated carbocycles. The number of carbonyl (C=O) groups excluding carboxylic acids is 6. The van der Waals surface area contributed by atoms with Crippen LogP contribution >= 0.6 is 0 Å². The third kappa shape index (κ3) is 26.3. The summed E-state index contributed by atoms with van der Waals surface area (Å²) in [6.45, 7) is -7.79. The van der Waals surface area contributed by atoms with E-state index >= 15 is 0 Å². The molecule has 35 N–H and O–H groups in total. The Balaban J connectivity index is 1.06. The normalized spacial score (nSPS) is 43.9. The van der Waals surface area contributed by atoms with E-state index < -0.39 is 427 Å². The monoisotopic (exact) mass is 1970 g/mol. The van der Waals surface area contributed by atoms with Crippen LogP contribution in [0.1, 0.15) is 48.0 Å². The van der Waals surface area contributed by atoms with Gasteiger partial charge < -0.3 is 265 Å². The zero-order valence-electron chi connectivity index (χ0n) is 73.0. The minimum absolute atomic E-state index is 0.839. The standard InChI is InChI=1S/C75H126N6O54/c1-19(91)76-25(8-82)58(43(101)28(99)17-118-66-38(78-21(3)93)49(107)44(102)29(10-84)120-66)128-72-56(114)64(132-69-41(81-24(6)96)52(110)60(34(15-89)125-69)129-71-55(113)63(47(105)32(13-87)123-71)133-70-54(112)53(111)46(104)31(12-86)122-70)48(106)36(127-72)18-119-67-40(80-23(5)95)51(109)59(33(14-88)124-67)130-73-57(115)65(61(35(16-90)126-73)131-68-39(79-22(4)94)50(108)45(103)30(11-85)121-68)135-75(74(116)117)7-26(97)37(77-20(2)92)62(134-75)42(100)27(98)9-83/h25-73,82-90,97-115H,7-18H2,1-6H3,(H,76,91)(H,77,92)(H,78,93)(H,79,94)(H,80,95)(H,81,96)(H,116,117)/t25-,26-,27+,28+,29+,30+,31+,32+,33+,34+,35+,36+,37+,38+,39+,40+,41+,42+,43-,44+,45-,46-,47-,48-,49+,50+,51+,52+,53-,54+,55+,56+,57+,58+,59+,60+,61-,62+,63-,64-,65+,66+,67+,68-,69-,70+,71-,72-,73-,75-/m0/s1. The number of amides is 6. The molecule has 6 amide bonds. The van der Waals surface area contributed by atoms with Crippen molar-refractivity contribution in [3.63, 3.8) is 0 Å². The fourth-order valence-corrected chi connectivity index (χ4v) is 17.0. The number of hydrogen-bond acceptors (Lipinski definition) is 53. The van der Waals surface area contributed by atoms with Crippen LogP contribution in [0.25, 0.3) is 0 Å². The first-order chi connectivity index (χ1) is 63.6.